The smallest absolute Gasteiger partial charge is 0.257 e. The van der Waals surface area contributed by atoms with E-state index in [1.165, 1.54) is 6.26 Å². The number of rotatable bonds is 4. The van der Waals surface area contributed by atoms with Crippen molar-refractivity contribution in [2.45, 2.75) is 13.0 Å². The summed E-state index contributed by atoms with van der Waals surface area (Å²) >= 11 is 0. The van der Waals surface area contributed by atoms with E-state index in [1.54, 1.807) is 12.4 Å². The number of pyridine rings is 1. The zero-order chi connectivity index (χ0) is 15.4. The Morgan fingerprint density at radius 2 is 2.00 bits per heavy atom. The van der Waals surface area contributed by atoms with Crippen LogP contribution in [0.25, 0.3) is 11.3 Å². The average Bonchev–Trinajstić information content (AvgIpc) is 3.06. The maximum absolute atomic E-state index is 12.5. The van der Waals surface area contributed by atoms with Crippen LogP contribution in [-0.4, -0.2) is 16.0 Å². The summed E-state index contributed by atoms with van der Waals surface area (Å²) in [6, 6.07) is 13.1. The molecule has 1 N–H and O–H groups in total. The first-order chi connectivity index (χ1) is 10.8. The Kier molecular flexibility index (Phi) is 3.96. The predicted octanol–water partition coefficient (Wildman–Crippen LogP) is 3.23. The van der Waals surface area contributed by atoms with Crippen LogP contribution in [-0.2, 0) is 0 Å². The third kappa shape index (κ3) is 2.88. The van der Waals surface area contributed by atoms with Crippen LogP contribution in [0.4, 0.5) is 0 Å². The van der Waals surface area contributed by atoms with Crippen LogP contribution in [0.3, 0.4) is 0 Å². The molecule has 1 aromatic carbocycles. The maximum Gasteiger partial charge on any atom is 0.257 e. The molecule has 5 nitrogen and oxygen atoms in total. The van der Waals surface area contributed by atoms with Gasteiger partial charge in [-0.3, -0.25) is 9.78 Å². The molecule has 0 spiro atoms. The highest BCUT2D eigenvalue weighted by Crippen LogP contribution is 2.22. The van der Waals surface area contributed by atoms with Gasteiger partial charge in [0.2, 0.25) is 0 Å². The second-order valence-corrected chi connectivity index (χ2v) is 4.92. The van der Waals surface area contributed by atoms with Gasteiger partial charge in [-0.25, -0.2) is 0 Å². The molecule has 22 heavy (non-hydrogen) atoms. The molecular formula is C17H15N3O2. The van der Waals surface area contributed by atoms with E-state index in [1.807, 2.05) is 49.4 Å². The van der Waals surface area contributed by atoms with E-state index in [0.717, 1.165) is 11.1 Å². The molecule has 2 heterocycles. The van der Waals surface area contributed by atoms with Crippen LogP contribution >= 0.6 is 0 Å². The minimum absolute atomic E-state index is 0.153. The minimum atomic E-state index is -0.226. The van der Waals surface area contributed by atoms with Crippen LogP contribution in [0.5, 0.6) is 0 Å². The lowest BCUT2D eigenvalue weighted by Crippen LogP contribution is -2.26. The number of nitrogens with zero attached hydrogens (tertiary/aromatic N) is 2. The highest BCUT2D eigenvalue weighted by Gasteiger charge is 2.19. The fourth-order valence-electron chi connectivity index (χ4n) is 2.19. The molecule has 0 aliphatic carbocycles. The molecule has 5 heteroatoms. The molecule has 0 saturated heterocycles. The number of amides is 1. The number of hydrogen-bond donors (Lipinski definition) is 1. The highest BCUT2D eigenvalue weighted by molar-refractivity contribution is 5.99. The van der Waals surface area contributed by atoms with Gasteiger partial charge in [0.05, 0.1) is 6.04 Å². The quantitative estimate of drug-likeness (QED) is 0.802. The standard InChI is InChI=1S/C17H15N3O2/c1-12(14-8-5-9-18-10-14)19-17(21)15-11-22-20-16(15)13-6-3-2-4-7-13/h2-12H,1H3,(H,19,21)/t12-/m0/s1. The minimum Gasteiger partial charge on any atom is -0.363 e. The van der Waals surface area contributed by atoms with Crippen molar-refractivity contribution in [1.82, 2.24) is 15.5 Å². The number of nitrogens with one attached hydrogen (secondary N) is 1. The molecule has 0 radical (unpaired) electrons. The van der Waals surface area contributed by atoms with Crippen molar-refractivity contribution in [2.24, 2.45) is 0 Å². The summed E-state index contributed by atoms with van der Waals surface area (Å²) in [6.45, 7) is 1.91. The summed E-state index contributed by atoms with van der Waals surface area (Å²) in [4.78, 5) is 16.5. The van der Waals surface area contributed by atoms with Crippen molar-refractivity contribution in [3.8, 4) is 11.3 Å². The van der Waals surface area contributed by atoms with Gasteiger partial charge >= 0.3 is 0 Å². The Morgan fingerprint density at radius 1 is 1.18 bits per heavy atom. The number of aromatic nitrogens is 2. The van der Waals surface area contributed by atoms with Crippen LogP contribution in [0.1, 0.15) is 28.9 Å². The van der Waals surface area contributed by atoms with Crippen molar-refractivity contribution in [3.05, 3.63) is 72.2 Å². The lowest BCUT2D eigenvalue weighted by atomic mass is 10.1. The van der Waals surface area contributed by atoms with Crippen LogP contribution in [0, 0.1) is 0 Å². The van der Waals surface area contributed by atoms with Crippen molar-refractivity contribution >= 4 is 5.91 Å². The number of carbonyl (C=O) groups excluding carboxylic acids is 1. The monoisotopic (exact) mass is 293 g/mol. The summed E-state index contributed by atoms with van der Waals surface area (Å²) in [7, 11) is 0. The van der Waals surface area contributed by atoms with Gasteiger partial charge in [-0.05, 0) is 18.6 Å². The lowest BCUT2D eigenvalue weighted by Gasteiger charge is -2.13. The Morgan fingerprint density at radius 3 is 2.73 bits per heavy atom. The first kappa shape index (κ1) is 14.0. The second-order valence-electron chi connectivity index (χ2n) is 4.92. The van der Waals surface area contributed by atoms with Crippen LogP contribution in [0.15, 0.2) is 65.6 Å². The molecule has 3 aromatic rings. The third-order valence-corrected chi connectivity index (χ3v) is 3.39. The normalized spacial score (nSPS) is 11.9. The molecule has 0 unspecified atom stereocenters. The molecule has 1 atom stereocenters. The van der Waals surface area contributed by atoms with Gasteiger partial charge < -0.3 is 9.84 Å². The molecule has 2 aromatic heterocycles. The van der Waals surface area contributed by atoms with Crippen LogP contribution < -0.4 is 5.32 Å². The van der Waals surface area contributed by atoms with E-state index in [0.29, 0.717) is 11.3 Å². The van der Waals surface area contributed by atoms with Gasteiger partial charge in [-0.15, -0.1) is 0 Å². The second kappa shape index (κ2) is 6.22. The first-order valence-electron chi connectivity index (χ1n) is 6.96. The van der Waals surface area contributed by atoms with E-state index in [2.05, 4.69) is 15.5 Å². The number of benzene rings is 1. The Hall–Kier alpha value is -2.95. The lowest BCUT2D eigenvalue weighted by molar-refractivity contribution is 0.0940. The fourth-order valence-corrected chi connectivity index (χ4v) is 2.19. The van der Waals surface area contributed by atoms with Gasteiger partial charge in [-0.2, -0.15) is 0 Å². The summed E-state index contributed by atoms with van der Waals surface area (Å²) in [5.41, 5.74) is 2.74. The van der Waals surface area contributed by atoms with E-state index < -0.39 is 0 Å². The SMILES string of the molecule is C[C@H](NC(=O)c1conc1-c1ccccc1)c1cccnc1. The van der Waals surface area contributed by atoms with Gasteiger partial charge in [0, 0.05) is 18.0 Å². The molecule has 110 valence electrons. The zero-order valence-electron chi connectivity index (χ0n) is 12.1. The third-order valence-electron chi connectivity index (χ3n) is 3.39. The Labute approximate surface area is 128 Å². The van der Waals surface area contributed by atoms with E-state index in [4.69, 9.17) is 4.52 Å². The van der Waals surface area contributed by atoms with Crippen molar-refractivity contribution < 1.29 is 9.32 Å². The molecule has 0 aliphatic heterocycles. The van der Waals surface area contributed by atoms with Crippen molar-refractivity contribution in [3.63, 3.8) is 0 Å². The van der Waals surface area contributed by atoms with E-state index in [9.17, 15) is 4.79 Å². The average molecular weight is 293 g/mol. The summed E-state index contributed by atoms with van der Waals surface area (Å²) < 4.78 is 4.99. The molecule has 0 saturated carbocycles. The number of hydrogen-bond acceptors (Lipinski definition) is 4. The van der Waals surface area contributed by atoms with E-state index >= 15 is 0 Å². The molecule has 0 aliphatic rings. The molecule has 0 bridgehead atoms. The molecule has 0 fully saturated rings. The van der Waals surface area contributed by atoms with Crippen molar-refractivity contribution in [1.29, 1.82) is 0 Å². The topological polar surface area (TPSA) is 68.0 Å². The zero-order valence-corrected chi connectivity index (χ0v) is 12.1. The van der Waals surface area contributed by atoms with Crippen molar-refractivity contribution in [2.75, 3.05) is 0 Å². The van der Waals surface area contributed by atoms with Crippen LogP contribution in [0.2, 0.25) is 0 Å². The highest BCUT2D eigenvalue weighted by atomic mass is 16.5. The first-order valence-corrected chi connectivity index (χ1v) is 6.96. The van der Waals surface area contributed by atoms with Gasteiger partial charge in [0.25, 0.3) is 5.91 Å². The van der Waals surface area contributed by atoms with Gasteiger partial charge in [0.15, 0.2) is 0 Å². The summed E-state index contributed by atoms with van der Waals surface area (Å²) in [5.74, 6) is -0.226. The fraction of sp³-hybridized carbons (Fsp3) is 0.118. The molecule has 3 rings (SSSR count). The van der Waals surface area contributed by atoms with Gasteiger partial charge in [-0.1, -0.05) is 41.6 Å². The summed E-state index contributed by atoms with van der Waals surface area (Å²) in [6.07, 6.45) is 4.80. The van der Waals surface area contributed by atoms with E-state index in [-0.39, 0.29) is 11.9 Å². The largest absolute Gasteiger partial charge is 0.363 e. The summed E-state index contributed by atoms with van der Waals surface area (Å²) in [5, 5.41) is 6.87. The predicted molar refractivity (Wildman–Crippen MR) is 82.1 cm³/mol. The maximum atomic E-state index is 12.5. The molecular weight excluding hydrogens is 278 g/mol. The Bertz CT molecular complexity index is 754. The Balaban J connectivity index is 1.81. The number of carbonyl (C=O) groups is 1. The molecule has 1 amide bonds. The van der Waals surface area contributed by atoms with Gasteiger partial charge in [0.1, 0.15) is 17.5 Å².